The highest BCUT2D eigenvalue weighted by Crippen LogP contribution is 2.28. The molecule has 1 aliphatic heterocycles. The highest BCUT2D eigenvalue weighted by atomic mass is 32.1. The van der Waals surface area contributed by atoms with Crippen molar-refractivity contribution in [2.24, 2.45) is 0 Å². The summed E-state index contributed by atoms with van der Waals surface area (Å²) in [5.41, 5.74) is 2.99. The average molecular weight is 486 g/mol. The number of aryl methyl sites for hydroxylation is 2. The van der Waals surface area contributed by atoms with E-state index >= 15 is 0 Å². The number of carbonyl (C=O) groups excluding carboxylic acids is 1. The Labute approximate surface area is 207 Å². The number of rotatable bonds is 6. The van der Waals surface area contributed by atoms with Crippen LogP contribution in [0.4, 0.5) is 0 Å². The summed E-state index contributed by atoms with van der Waals surface area (Å²) >= 11 is 1.48. The third kappa shape index (κ3) is 4.91. The number of hydrogen-bond acceptors (Lipinski definition) is 5. The molecule has 1 N–H and O–H groups in total. The molecular weight excluding hydrogens is 458 g/mol. The summed E-state index contributed by atoms with van der Waals surface area (Å²) in [5, 5.41) is 0.598. The molecule has 0 radical (unpaired) electrons. The van der Waals surface area contributed by atoms with Gasteiger partial charge in [-0.1, -0.05) is 42.5 Å². The van der Waals surface area contributed by atoms with Crippen molar-refractivity contribution < 1.29 is 9.53 Å². The highest BCUT2D eigenvalue weighted by molar-refractivity contribution is 7.18. The fourth-order valence-electron chi connectivity index (χ4n) is 4.31. The van der Waals surface area contributed by atoms with Crippen LogP contribution in [0.5, 0.6) is 5.75 Å². The molecule has 0 bridgehead atoms. The Hall–Kier alpha value is -3.71. The summed E-state index contributed by atoms with van der Waals surface area (Å²) in [6.07, 6.45) is 3.76. The molecule has 1 saturated heterocycles. The minimum atomic E-state index is -0.216. The predicted octanol–water partition coefficient (Wildman–Crippen LogP) is 5.34. The molecule has 6 nitrogen and oxygen atoms in total. The molecule has 5 rings (SSSR count). The lowest BCUT2D eigenvalue weighted by atomic mass is 10.1. The van der Waals surface area contributed by atoms with Gasteiger partial charge in [-0.05, 0) is 61.6 Å². The van der Waals surface area contributed by atoms with Crippen LogP contribution in [-0.2, 0) is 11.4 Å². The minimum absolute atomic E-state index is 0.120. The van der Waals surface area contributed by atoms with Crippen molar-refractivity contribution in [3.63, 3.8) is 0 Å². The Morgan fingerprint density at radius 3 is 2.66 bits per heavy atom. The number of fused-ring (bicyclic) bond motifs is 1. The third-order valence-electron chi connectivity index (χ3n) is 6.34. The molecule has 0 spiro atoms. The molecule has 1 amide bonds. The number of H-pyrrole nitrogens is 1. The quantitative estimate of drug-likeness (QED) is 0.374. The molecule has 178 valence electrons. The van der Waals surface area contributed by atoms with Gasteiger partial charge in [0.2, 0.25) is 0 Å². The fraction of sp³-hybridized carbons (Fsp3) is 0.250. The van der Waals surface area contributed by atoms with E-state index in [0.29, 0.717) is 47.1 Å². The lowest BCUT2D eigenvalue weighted by molar-refractivity contribution is -0.123. The number of carbonyl (C=O) groups is 1. The number of amides is 1. The Balaban J connectivity index is 1.53. The van der Waals surface area contributed by atoms with Gasteiger partial charge in [-0.3, -0.25) is 9.59 Å². The van der Waals surface area contributed by atoms with Gasteiger partial charge in [-0.25, -0.2) is 4.98 Å². The molecule has 0 aliphatic carbocycles. The van der Waals surface area contributed by atoms with E-state index in [0.717, 1.165) is 34.4 Å². The lowest BCUT2D eigenvalue weighted by Crippen LogP contribution is -2.29. The van der Waals surface area contributed by atoms with Crippen molar-refractivity contribution in [1.82, 2.24) is 14.9 Å². The highest BCUT2D eigenvalue weighted by Gasteiger charge is 2.25. The Kier molecular flexibility index (Phi) is 6.51. The first-order valence-corrected chi connectivity index (χ1v) is 12.6. The molecule has 4 aromatic rings. The van der Waals surface area contributed by atoms with Crippen molar-refractivity contribution in [3.05, 3.63) is 92.3 Å². The largest absolute Gasteiger partial charge is 0.489 e. The number of aromatic amines is 1. The summed E-state index contributed by atoms with van der Waals surface area (Å²) in [6.45, 7) is 5.78. The van der Waals surface area contributed by atoms with Gasteiger partial charge < -0.3 is 14.6 Å². The summed E-state index contributed by atoms with van der Waals surface area (Å²) in [7, 11) is 0. The van der Waals surface area contributed by atoms with Gasteiger partial charge in [-0.2, -0.15) is 0 Å². The van der Waals surface area contributed by atoms with Gasteiger partial charge in [-0.15, -0.1) is 11.3 Å². The monoisotopic (exact) mass is 485 g/mol. The zero-order chi connectivity index (χ0) is 24.4. The molecule has 2 aromatic heterocycles. The fourth-order valence-corrected chi connectivity index (χ4v) is 5.34. The molecule has 35 heavy (non-hydrogen) atoms. The Bertz CT molecular complexity index is 1460. The summed E-state index contributed by atoms with van der Waals surface area (Å²) < 4.78 is 5.98. The smallest absolute Gasteiger partial charge is 0.260 e. The van der Waals surface area contributed by atoms with E-state index in [2.05, 4.69) is 4.98 Å². The number of likely N-dealkylation sites (tertiary alicyclic amines) is 1. The minimum Gasteiger partial charge on any atom is -0.489 e. The summed E-state index contributed by atoms with van der Waals surface area (Å²) in [5.74, 6) is 0.888. The van der Waals surface area contributed by atoms with E-state index in [-0.39, 0.29) is 11.5 Å². The zero-order valence-corrected chi connectivity index (χ0v) is 20.7. The number of thiophene rings is 1. The maximum Gasteiger partial charge on any atom is 0.260 e. The van der Waals surface area contributed by atoms with Crippen LogP contribution in [-0.4, -0.2) is 33.9 Å². The molecule has 1 aliphatic rings. The van der Waals surface area contributed by atoms with Gasteiger partial charge in [0.1, 0.15) is 23.0 Å². The number of nitrogens with zero attached hydrogens (tertiary/aromatic N) is 2. The van der Waals surface area contributed by atoms with Crippen molar-refractivity contribution >= 4 is 39.1 Å². The van der Waals surface area contributed by atoms with Gasteiger partial charge >= 0.3 is 0 Å². The third-order valence-corrected chi connectivity index (χ3v) is 7.44. The van der Waals surface area contributed by atoms with E-state index < -0.39 is 0 Å². The predicted molar refractivity (Wildman–Crippen MR) is 141 cm³/mol. The molecule has 3 heterocycles. The van der Waals surface area contributed by atoms with Crippen molar-refractivity contribution in [2.75, 3.05) is 13.1 Å². The summed E-state index contributed by atoms with van der Waals surface area (Å²) in [4.78, 5) is 37.6. The van der Waals surface area contributed by atoms with Crippen LogP contribution < -0.4 is 10.3 Å². The van der Waals surface area contributed by atoms with E-state index in [1.807, 2.05) is 73.3 Å². The second kappa shape index (κ2) is 9.88. The van der Waals surface area contributed by atoms with Crippen LogP contribution in [0, 0.1) is 13.8 Å². The maximum absolute atomic E-state index is 13.5. The number of benzene rings is 2. The zero-order valence-electron chi connectivity index (χ0n) is 19.8. The van der Waals surface area contributed by atoms with Crippen molar-refractivity contribution in [1.29, 1.82) is 0 Å². The number of aromatic nitrogens is 2. The van der Waals surface area contributed by atoms with E-state index in [9.17, 15) is 9.59 Å². The molecule has 0 unspecified atom stereocenters. The SMILES string of the molecule is Cc1sc2nc(/C(=C\c3cccc(OCc4ccccc4)c3)C(=O)N3CCCC3)[nH]c(=O)c2c1C. The maximum atomic E-state index is 13.5. The van der Waals surface area contributed by atoms with E-state index in [1.54, 1.807) is 6.08 Å². The first kappa shape index (κ1) is 23.1. The molecule has 0 atom stereocenters. The van der Waals surface area contributed by atoms with Crippen molar-refractivity contribution in [2.45, 2.75) is 33.3 Å². The second-order valence-corrected chi connectivity index (χ2v) is 9.99. The van der Waals surface area contributed by atoms with Crippen LogP contribution >= 0.6 is 11.3 Å². The molecule has 0 saturated carbocycles. The van der Waals surface area contributed by atoms with Crippen LogP contribution in [0.1, 0.15) is 40.2 Å². The average Bonchev–Trinajstić information content (AvgIpc) is 3.50. The van der Waals surface area contributed by atoms with Gasteiger partial charge in [0.15, 0.2) is 0 Å². The normalized spacial score (nSPS) is 14.0. The molecule has 1 fully saturated rings. The number of hydrogen-bond donors (Lipinski definition) is 1. The molecular formula is C28H27N3O3S. The van der Waals surface area contributed by atoms with Crippen LogP contribution in [0.3, 0.4) is 0 Å². The topological polar surface area (TPSA) is 75.3 Å². The molecule has 7 heteroatoms. The van der Waals surface area contributed by atoms with Crippen LogP contribution in [0.2, 0.25) is 0 Å². The first-order valence-electron chi connectivity index (χ1n) is 11.8. The molecule has 2 aromatic carbocycles. The number of ether oxygens (including phenoxy) is 1. The lowest BCUT2D eigenvalue weighted by Gasteiger charge is -2.17. The van der Waals surface area contributed by atoms with Crippen molar-refractivity contribution in [3.8, 4) is 5.75 Å². The second-order valence-electron chi connectivity index (χ2n) is 8.78. The van der Waals surface area contributed by atoms with E-state index in [1.165, 1.54) is 11.3 Å². The Morgan fingerprint density at radius 2 is 1.89 bits per heavy atom. The van der Waals surface area contributed by atoms with Crippen LogP contribution in [0.15, 0.2) is 59.4 Å². The van der Waals surface area contributed by atoms with E-state index in [4.69, 9.17) is 9.72 Å². The first-order chi connectivity index (χ1) is 17.0. The summed E-state index contributed by atoms with van der Waals surface area (Å²) in [6, 6.07) is 17.6. The van der Waals surface area contributed by atoms with Gasteiger partial charge in [0.05, 0.1) is 11.0 Å². The standard InChI is InChI=1S/C28H27N3O3S/c1-18-19(2)35-27-24(18)26(32)29-25(30-27)23(28(33)31-13-6-7-14-31)16-21-11-8-12-22(15-21)34-17-20-9-4-3-5-10-20/h3-5,8-12,15-16H,6-7,13-14,17H2,1-2H3,(H,29,30,32)/b23-16+. The Morgan fingerprint density at radius 1 is 1.11 bits per heavy atom. The number of nitrogens with one attached hydrogen (secondary N) is 1. The van der Waals surface area contributed by atoms with Crippen LogP contribution in [0.25, 0.3) is 21.9 Å². The van der Waals surface area contributed by atoms with Gasteiger partial charge in [0.25, 0.3) is 11.5 Å². The van der Waals surface area contributed by atoms with Gasteiger partial charge in [0, 0.05) is 18.0 Å².